The minimum atomic E-state index is -4.32. The number of likely N-dealkylation sites (N-methyl/N-ethyl adjacent to an activating group) is 1. The van der Waals surface area contributed by atoms with Gasteiger partial charge in [-0.1, -0.05) is 28.9 Å². The third-order valence-electron chi connectivity index (χ3n) is 2.91. The summed E-state index contributed by atoms with van der Waals surface area (Å²) in [5.41, 5.74) is -0.265. The Labute approximate surface area is 126 Å². The fourth-order valence-corrected chi connectivity index (χ4v) is 2.25. The number of hydrogen-bond donors (Lipinski definition) is 1. The Bertz CT molecular complexity index is 421. The molecule has 0 fully saturated rings. The van der Waals surface area contributed by atoms with E-state index in [0.29, 0.717) is 16.6 Å². The highest BCUT2D eigenvalue weighted by Crippen LogP contribution is 2.34. The average Bonchev–Trinajstić information content (AvgIpc) is 2.35. The summed E-state index contributed by atoms with van der Waals surface area (Å²) in [5.74, 6) is 0. The van der Waals surface area contributed by atoms with E-state index in [9.17, 15) is 13.2 Å². The van der Waals surface area contributed by atoms with Gasteiger partial charge in [-0.15, -0.1) is 0 Å². The van der Waals surface area contributed by atoms with E-state index in [-0.39, 0.29) is 6.54 Å². The summed E-state index contributed by atoms with van der Waals surface area (Å²) >= 11 is 3.09. The van der Waals surface area contributed by atoms with E-state index < -0.39 is 11.7 Å². The zero-order valence-corrected chi connectivity index (χ0v) is 13.3. The third-order valence-corrected chi connectivity index (χ3v) is 3.41. The minimum Gasteiger partial charge on any atom is -0.315 e. The van der Waals surface area contributed by atoms with E-state index in [0.717, 1.165) is 25.6 Å². The van der Waals surface area contributed by atoms with Crippen molar-refractivity contribution in [3.63, 3.8) is 0 Å². The molecule has 1 N–H and O–H groups in total. The Hall–Kier alpha value is -0.590. The van der Waals surface area contributed by atoms with Crippen LogP contribution >= 0.6 is 15.9 Å². The van der Waals surface area contributed by atoms with Gasteiger partial charge in [-0.2, -0.15) is 13.2 Å². The fourth-order valence-electron chi connectivity index (χ4n) is 1.89. The van der Waals surface area contributed by atoms with Gasteiger partial charge in [-0.25, -0.2) is 0 Å². The molecule has 0 heterocycles. The molecule has 0 aliphatic heterocycles. The molecule has 0 atom stereocenters. The quantitative estimate of drug-likeness (QED) is 0.748. The summed E-state index contributed by atoms with van der Waals surface area (Å²) in [6, 6.07) is 4.31. The zero-order valence-electron chi connectivity index (χ0n) is 11.7. The average molecular weight is 353 g/mol. The predicted octanol–water partition coefficient (Wildman–Crippen LogP) is 3.90. The van der Waals surface area contributed by atoms with E-state index in [1.807, 2.05) is 11.9 Å². The minimum absolute atomic E-state index is 0.288. The van der Waals surface area contributed by atoms with Crippen LogP contribution in [0.5, 0.6) is 0 Å². The molecule has 1 rings (SSSR count). The normalized spacial score (nSPS) is 12.2. The van der Waals surface area contributed by atoms with Gasteiger partial charge in [0.15, 0.2) is 0 Å². The van der Waals surface area contributed by atoms with Crippen molar-refractivity contribution < 1.29 is 13.2 Å². The van der Waals surface area contributed by atoms with Gasteiger partial charge in [0.2, 0.25) is 0 Å². The van der Waals surface area contributed by atoms with Crippen molar-refractivity contribution in [3.05, 3.63) is 33.8 Å². The molecule has 0 amide bonds. The maximum absolute atomic E-state index is 13.0. The number of halogens is 4. The Morgan fingerprint density at radius 2 is 1.95 bits per heavy atom. The Morgan fingerprint density at radius 3 is 2.55 bits per heavy atom. The van der Waals surface area contributed by atoms with Gasteiger partial charge in [-0.05, 0) is 37.7 Å². The molecule has 0 saturated heterocycles. The van der Waals surface area contributed by atoms with Gasteiger partial charge in [0.1, 0.15) is 0 Å². The Balaban J connectivity index is 2.67. The highest BCUT2D eigenvalue weighted by atomic mass is 79.9. The number of nitrogens with one attached hydrogen (secondary N) is 1. The second kappa shape index (κ2) is 8.00. The van der Waals surface area contributed by atoms with Crippen LogP contribution in [-0.4, -0.2) is 31.6 Å². The predicted molar refractivity (Wildman–Crippen MR) is 78.6 cm³/mol. The van der Waals surface area contributed by atoms with Crippen LogP contribution in [-0.2, 0) is 12.7 Å². The van der Waals surface area contributed by atoms with Crippen molar-refractivity contribution in [2.45, 2.75) is 26.1 Å². The van der Waals surface area contributed by atoms with Crippen LogP contribution in [0.25, 0.3) is 0 Å². The lowest BCUT2D eigenvalue weighted by Gasteiger charge is -2.20. The summed E-state index contributed by atoms with van der Waals surface area (Å²) in [6.45, 7) is 4.79. The highest BCUT2D eigenvalue weighted by molar-refractivity contribution is 9.10. The van der Waals surface area contributed by atoms with Gasteiger partial charge in [0, 0.05) is 24.1 Å². The van der Waals surface area contributed by atoms with E-state index in [1.54, 1.807) is 6.07 Å². The molecule has 0 radical (unpaired) electrons. The first-order valence-electron chi connectivity index (χ1n) is 6.59. The molecule has 1 aromatic rings. The molecule has 0 saturated carbocycles. The molecule has 6 heteroatoms. The van der Waals surface area contributed by atoms with Gasteiger partial charge >= 0.3 is 6.18 Å². The summed E-state index contributed by atoms with van der Waals surface area (Å²) < 4.78 is 39.4. The third kappa shape index (κ3) is 5.81. The van der Waals surface area contributed by atoms with Crippen LogP contribution in [0.3, 0.4) is 0 Å². The lowest BCUT2D eigenvalue weighted by atomic mass is 10.1. The molecule has 2 nitrogen and oxygen atoms in total. The van der Waals surface area contributed by atoms with Crippen LogP contribution in [0.2, 0.25) is 0 Å². The molecular formula is C14H20BrF3N2. The van der Waals surface area contributed by atoms with Crippen molar-refractivity contribution in [3.8, 4) is 0 Å². The van der Waals surface area contributed by atoms with Crippen molar-refractivity contribution in [2.24, 2.45) is 0 Å². The van der Waals surface area contributed by atoms with Crippen LogP contribution in [0.15, 0.2) is 22.7 Å². The number of alkyl halides is 3. The van der Waals surface area contributed by atoms with Crippen molar-refractivity contribution in [1.29, 1.82) is 0 Å². The maximum atomic E-state index is 13.0. The number of rotatable bonds is 7. The smallest absolute Gasteiger partial charge is 0.315 e. The monoisotopic (exact) mass is 352 g/mol. The maximum Gasteiger partial charge on any atom is 0.416 e. The molecule has 0 spiro atoms. The van der Waals surface area contributed by atoms with Crippen molar-refractivity contribution >= 4 is 15.9 Å². The summed E-state index contributed by atoms with van der Waals surface area (Å²) in [5, 5.41) is 3.23. The molecule has 0 unspecified atom stereocenters. The Kier molecular flexibility index (Phi) is 6.99. The second-order valence-electron chi connectivity index (χ2n) is 4.79. The Morgan fingerprint density at radius 1 is 1.25 bits per heavy atom. The standard InChI is InChI=1S/C14H20BrF3N2/c1-3-6-19-7-8-20(2)10-11-4-5-12(15)9-13(11)14(16,17)18/h4-5,9,19H,3,6-8,10H2,1-2H3. The van der Waals surface area contributed by atoms with Crippen LogP contribution < -0.4 is 5.32 Å². The van der Waals surface area contributed by atoms with E-state index in [2.05, 4.69) is 28.2 Å². The topological polar surface area (TPSA) is 15.3 Å². The first-order valence-corrected chi connectivity index (χ1v) is 7.38. The van der Waals surface area contributed by atoms with E-state index in [1.165, 1.54) is 6.07 Å². The van der Waals surface area contributed by atoms with Crippen molar-refractivity contribution in [2.75, 3.05) is 26.7 Å². The summed E-state index contributed by atoms with van der Waals surface area (Å²) in [7, 11) is 1.83. The lowest BCUT2D eigenvalue weighted by molar-refractivity contribution is -0.138. The number of hydrogen-bond acceptors (Lipinski definition) is 2. The lowest BCUT2D eigenvalue weighted by Crippen LogP contribution is -2.30. The largest absolute Gasteiger partial charge is 0.416 e. The molecule has 0 bridgehead atoms. The van der Waals surface area contributed by atoms with Crippen LogP contribution in [0.4, 0.5) is 13.2 Å². The van der Waals surface area contributed by atoms with Crippen molar-refractivity contribution in [1.82, 2.24) is 10.2 Å². The highest BCUT2D eigenvalue weighted by Gasteiger charge is 2.33. The summed E-state index contributed by atoms with van der Waals surface area (Å²) in [4.78, 5) is 1.89. The SMILES string of the molecule is CCCNCCN(C)Cc1ccc(Br)cc1C(F)(F)F. The zero-order chi connectivity index (χ0) is 15.2. The molecule has 1 aromatic carbocycles. The summed E-state index contributed by atoms with van der Waals surface area (Å²) in [6.07, 6.45) is -3.27. The van der Waals surface area contributed by atoms with Crippen LogP contribution in [0, 0.1) is 0 Å². The molecule has 0 aliphatic rings. The molecular weight excluding hydrogens is 333 g/mol. The fraction of sp³-hybridized carbons (Fsp3) is 0.571. The van der Waals surface area contributed by atoms with E-state index >= 15 is 0 Å². The molecule has 20 heavy (non-hydrogen) atoms. The first kappa shape index (κ1) is 17.5. The number of benzene rings is 1. The van der Waals surface area contributed by atoms with E-state index in [4.69, 9.17) is 0 Å². The van der Waals surface area contributed by atoms with Gasteiger partial charge < -0.3 is 10.2 Å². The molecule has 0 aromatic heterocycles. The number of nitrogens with zero attached hydrogens (tertiary/aromatic N) is 1. The molecule has 0 aliphatic carbocycles. The van der Waals surface area contributed by atoms with Crippen LogP contribution in [0.1, 0.15) is 24.5 Å². The van der Waals surface area contributed by atoms with Gasteiger partial charge in [0.25, 0.3) is 0 Å². The first-order chi connectivity index (χ1) is 9.34. The second-order valence-corrected chi connectivity index (χ2v) is 5.70. The van der Waals surface area contributed by atoms with Gasteiger partial charge in [-0.3, -0.25) is 0 Å². The molecule has 114 valence electrons. The van der Waals surface area contributed by atoms with Gasteiger partial charge in [0.05, 0.1) is 5.56 Å².